The summed E-state index contributed by atoms with van der Waals surface area (Å²) in [6, 6.07) is 17.0. The molecule has 0 radical (unpaired) electrons. The number of sulfone groups is 1. The fourth-order valence-electron chi connectivity index (χ4n) is 10.0. The van der Waals surface area contributed by atoms with Gasteiger partial charge in [0.25, 0.3) is 17.7 Å². The van der Waals surface area contributed by atoms with Crippen molar-refractivity contribution < 1.29 is 50.6 Å². The summed E-state index contributed by atoms with van der Waals surface area (Å²) in [5.41, 5.74) is 1.79. The van der Waals surface area contributed by atoms with Crippen LogP contribution >= 0.6 is 0 Å². The Morgan fingerprint density at radius 2 is 1.62 bits per heavy atom. The van der Waals surface area contributed by atoms with E-state index in [0.717, 1.165) is 27.6 Å². The van der Waals surface area contributed by atoms with Crippen LogP contribution in [0.2, 0.25) is 0 Å². The molecule has 1 N–H and O–H groups in total. The molecule has 4 amide bonds. The molecule has 20 heteroatoms. The number of anilines is 1. The average molecular weight is 969 g/mol. The summed E-state index contributed by atoms with van der Waals surface area (Å²) in [7, 11) is -0.432. The molecule has 3 fully saturated rings. The van der Waals surface area contributed by atoms with Gasteiger partial charge in [-0.15, -0.1) is 0 Å². The number of piperazine rings is 1. The first-order valence-corrected chi connectivity index (χ1v) is 25.0. The van der Waals surface area contributed by atoms with Crippen LogP contribution in [0, 0.1) is 0 Å². The summed E-state index contributed by atoms with van der Waals surface area (Å²) in [6.45, 7) is 5.70. The van der Waals surface area contributed by atoms with E-state index in [0.29, 0.717) is 92.4 Å². The number of nitrogens with zero attached hydrogens (tertiary/aromatic N) is 7. The number of amides is 4. The lowest BCUT2D eigenvalue weighted by molar-refractivity contribution is -0.137. The van der Waals surface area contributed by atoms with Crippen molar-refractivity contribution in [3.05, 3.63) is 101 Å². The van der Waals surface area contributed by atoms with Crippen molar-refractivity contribution in [2.24, 2.45) is 7.05 Å². The maximum Gasteiger partial charge on any atom is 0.275 e. The molecule has 69 heavy (non-hydrogen) atoms. The molecule has 5 aromatic rings. The number of nitrogens with one attached hydrogen (secondary N) is 1. The number of hydrogen-bond donors (Lipinski definition) is 1. The van der Waals surface area contributed by atoms with E-state index in [9.17, 15) is 27.6 Å². The number of halogens is 2. The minimum absolute atomic E-state index is 0.0493. The summed E-state index contributed by atoms with van der Waals surface area (Å²) in [6.07, 6.45) is 3.23. The highest BCUT2D eigenvalue weighted by Crippen LogP contribution is 2.40. The monoisotopic (exact) mass is 968 g/mol. The van der Waals surface area contributed by atoms with Crippen LogP contribution in [0.25, 0.3) is 10.9 Å². The van der Waals surface area contributed by atoms with Crippen molar-refractivity contribution in [2.75, 3.05) is 69.9 Å². The highest BCUT2D eigenvalue weighted by molar-refractivity contribution is 7.90. The predicted octanol–water partition coefficient (Wildman–Crippen LogP) is 5.28. The van der Waals surface area contributed by atoms with Crippen LogP contribution in [-0.4, -0.2) is 138 Å². The normalized spacial score (nSPS) is 21.6. The van der Waals surface area contributed by atoms with Crippen LogP contribution in [-0.2, 0) is 38.4 Å². The molecule has 0 saturated carbocycles. The SMILES string of the molecule is CCOc1cc([C@@H](CS(C)(=O)=O)N2C(=O)c3cnc(N4CCN([C@@H]5CCN(Cc6ccc(Oc7ccc8c([C@@]9(C)CCC(=O)NC9=O)nn(C)c8c7)cc6)CC5(F)F)CC4)cc3C2=O)ccc1OC. The van der Waals surface area contributed by atoms with Crippen LogP contribution in [0.4, 0.5) is 14.6 Å². The second kappa shape index (κ2) is 18.4. The molecule has 9 rings (SSSR count). The van der Waals surface area contributed by atoms with Crippen molar-refractivity contribution in [3.63, 3.8) is 0 Å². The molecule has 4 aliphatic heterocycles. The van der Waals surface area contributed by atoms with E-state index in [1.165, 1.54) is 19.4 Å². The second-order valence-electron chi connectivity index (χ2n) is 18.4. The Hall–Kier alpha value is -6.51. The third-order valence-corrected chi connectivity index (χ3v) is 14.6. The molecule has 0 spiro atoms. The van der Waals surface area contributed by atoms with Gasteiger partial charge in [-0.25, -0.2) is 22.2 Å². The maximum absolute atomic E-state index is 16.0. The molecule has 364 valence electrons. The van der Waals surface area contributed by atoms with Gasteiger partial charge in [-0.2, -0.15) is 5.10 Å². The van der Waals surface area contributed by atoms with Crippen LogP contribution < -0.4 is 24.4 Å². The van der Waals surface area contributed by atoms with Gasteiger partial charge < -0.3 is 19.1 Å². The largest absolute Gasteiger partial charge is 0.493 e. The van der Waals surface area contributed by atoms with Gasteiger partial charge in [0, 0.05) is 76.6 Å². The van der Waals surface area contributed by atoms with Gasteiger partial charge in [0.15, 0.2) is 11.5 Å². The number of aromatic nitrogens is 3. The summed E-state index contributed by atoms with van der Waals surface area (Å²) >= 11 is 0. The number of ether oxygens (including phenoxy) is 3. The Morgan fingerprint density at radius 1 is 0.899 bits per heavy atom. The van der Waals surface area contributed by atoms with E-state index in [4.69, 9.17) is 14.2 Å². The second-order valence-corrected chi connectivity index (χ2v) is 20.6. The number of benzene rings is 3. The van der Waals surface area contributed by atoms with Gasteiger partial charge in [-0.3, -0.25) is 43.9 Å². The highest BCUT2D eigenvalue weighted by atomic mass is 32.2. The Balaban J connectivity index is 0.799. The molecule has 3 atom stereocenters. The topological polar surface area (TPSA) is 186 Å². The number of carbonyl (C=O) groups excluding carboxylic acids is 4. The first kappa shape index (κ1) is 47.6. The predicted molar refractivity (Wildman–Crippen MR) is 251 cm³/mol. The lowest BCUT2D eigenvalue weighted by Gasteiger charge is -2.46. The Labute approximate surface area is 398 Å². The molecule has 4 aliphatic rings. The number of carbonyl (C=O) groups is 4. The summed E-state index contributed by atoms with van der Waals surface area (Å²) in [4.78, 5) is 63.5. The fraction of sp³-hybridized carbons (Fsp3) is 0.429. The number of rotatable bonds is 14. The first-order valence-electron chi connectivity index (χ1n) is 22.9. The Morgan fingerprint density at radius 3 is 2.30 bits per heavy atom. The smallest absolute Gasteiger partial charge is 0.275 e. The molecule has 0 aliphatic carbocycles. The third kappa shape index (κ3) is 9.36. The van der Waals surface area contributed by atoms with E-state index in [2.05, 4.69) is 15.4 Å². The molecule has 0 bridgehead atoms. The zero-order chi connectivity index (χ0) is 49.0. The minimum atomic E-state index is -3.69. The van der Waals surface area contributed by atoms with E-state index in [-0.39, 0.29) is 35.8 Å². The molecular weight excluding hydrogens is 915 g/mol. The number of hydrogen-bond acceptors (Lipinski definition) is 14. The molecule has 0 unspecified atom stereocenters. The number of imide groups is 2. The number of likely N-dealkylation sites (tertiary alicyclic amines) is 1. The number of pyridine rings is 1. The third-order valence-electron chi connectivity index (χ3n) is 13.7. The van der Waals surface area contributed by atoms with E-state index >= 15 is 8.78 Å². The summed E-state index contributed by atoms with van der Waals surface area (Å²) in [5.74, 6) is -3.19. The highest BCUT2D eigenvalue weighted by Gasteiger charge is 2.49. The van der Waals surface area contributed by atoms with Crippen molar-refractivity contribution in [1.82, 2.24) is 34.8 Å². The molecular formula is C49H54F2N8O9S. The minimum Gasteiger partial charge on any atom is -0.493 e. The van der Waals surface area contributed by atoms with Gasteiger partial charge in [-0.05, 0) is 80.3 Å². The number of alkyl halides is 2. The van der Waals surface area contributed by atoms with Gasteiger partial charge in [0.2, 0.25) is 11.8 Å². The average Bonchev–Trinajstić information content (AvgIpc) is 3.78. The lowest BCUT2D eigenvalue weighted by atomic mass is 9.77. The zero-order valence-corrected chi connectivity index (χ0v) is 39.9. The van der Waals surface area contributed by atoms with Gasteiger partial charge in [-0.1, -0.05) is 18.2 Å². The van der Waals surface area contributed by atoms with Crippen molar-refractivity contribution in [3.8, 4) is 23.0 Å². The Kier molecular flexibility index (Phi) is 12.7. The molecule has 3 saturated heterocycles. The van der Waals surface area contributed by atoms with Crippen molar-refractivity contribution >= 4 is 50.2 Å². The molecule has 2 aromatic heterocycles. The lowest BCUT2D eigenvalue weighted by Crippen LogP contribution is -2.61. The van der Waals surface area contributed by atoms with E-state index in [1.54, 1.807) is 66.9 Å². The summed E-state index contributed by atoms with van der Waals surface area (Å²) < 4.78 is 76.3. The van der Waals surface area contributed by atoms with Crippen LogP contribution in [0.5, 0.6) is 23.0 Å². The summed E-state index contributed by atoms with van der Waals surface area (Å²) in [5, 5.41) is 7.89. The van der Waals surface area contributed by atoms with Crippen molar-refractivity contribution in [2.45, 2.75) is 63.1 Å². The van der Waals surface area contributed by atoms with Crippen LogP contribution in [0.15, 0.2) is 72.9 Å². The van der Waals surface area contributed by atoms with E-state index < -0.39 is 57.4 Å². The molecule has 17 nitrogen and oxygen atoms in total. The fourth-order valence-corrected chi connectivity index (χ4v) is 10.9. The molecule has 6 heterocycles. The number of piperidine rings is 2. The van der Waals surface area contributed by atoms with Gasteiger partial charge in [0.05, 0.1) is 65.9 Å². The standard InChI is InChI=1S/C49H54F2N8O9S/c1-6-67-40-23-31(9-14-39(40)66-4)38(28-69(5,64)65)59-45(61)35-25-42(52-26-36(35)46(59)62)58-21-19-57(20-22-58)41-16-18-56(29-49(41,50)51)27-30-7-10-32(11-8-30)68-33-12-13-34-37(24-33)55(3)54-44(34)48(2)17-15-43(60)53-47(48)63/h7-14,23-26,38,41H,6,15-22,27-29H2,1-5H3,(H,53,60,63)/t38-,41-,48-/m1/s1. The molecule has 3 aromatic carbocycles. The zero-order valence-electron chi connectivity index (χ0n) is 39.0. The number of methoxy groups -OCH3 is 1. The van der Waals surface area contributed by atoms with Gasteiger partial charge in [0.1, 0.15) is 27.2 Å². The Bertz CT molecular complexity index is 2960. The maximum atomic E-state index is 16.0. The first-order chi connectivity index (χ1) is 32.8. The van der Waals surface area contributed by atoms with Crippen LogP contribution in [0.1, 0.15) is 76.7 Å². The van der Waals surface area contributed by atoms with Crippen LogP contribution in [0.3, 0.4) is 0 Å². The quantitative estimate of drug-likeness (QED) is 0.142. The van der Waals surface area contributed by atoms with Crippen molar-refractivity contribution in [1.29, 1.82) is 0 Å². The van der Waals surface area contributed by atoms with E-state index in [1.807, 2.05) is 34.1 Å². The number of fused-ring (bicyclic) bond motifs is 2. The number of aryl methyl sites for hydroxylation is 1. The van der Waals surface area contributed by atoms with Gasteiger partial charge >= 0.3 is 0 Å².